The maximum Gasteiger partial charge on any atom is 0.407 e. The van der Waals surface area contributed by atoms with Crippen LogP contribution in [0.5, 0.6) is 5.75 Å². The molecule has 1 atom stereocenters. The van der Waals surface area contributed by atoms with Crippen molar-refractivity contribution in [1.29, 1.82) is 0 Å². The number of nitrogens with two attached hydrogens (primary N) is 1. The molecule has 0 bridgehead atoms. The Morgan fingerprint density at radius 1 is 1.12 bits per heavy atom. The van der Waals surface area contributed by atoms with E-state index in [9.17, 15) is 4.79 Å². The standard InChI is InChI=1S/C30H31Cl2N7O4/c1-15(2)13-43-30(40)35-20(9-18-5-6-19(31)10-23(18)32)14-42-25-11-22(24-12-34-29-26(36-24)16(3)38-39-29)27(37-28(25)33)21-7-8-41-17(21)4/h5-8,10-12,15,20H,9,13-14H2,1-4H3,(H2,33,37)(H,35,40)(H,34,38,39)/t20-/m0/s1. The van der Waals surface area contributed by atoms with Crippen LogP contribution in [0.4, 0.5) is 10.6 Å². The molecule has 4 aromatic heterocycles. The van der Waals surface area contributed by atoms with Crippen molar-refractivity contribution in [2.24, 2.45) is 5.92 Å². The highest BCUT2D eigenvalue weighted by Gasteiger charge is 2.22. The van der Waals surface area contributed by atoms with Crippen molar-refractivity contribution >= 4 is 46.3 Å². The first-order chi connectivity index (χ1) is 20.6. The van der Waals surface area contributed by atoms with Gasteiger partial charge in [-0.05, 0) is 56.0 Å². The van der Waals surface area contributed by atoms with Crippen LogP contribution in [0.15, 0.2) is 47.2 Å². The van der Waals surface area contributed by atoms with Crippen LogP contribution < -0.4 is 15.8 Å². The first-order valence-electron chi connectivity index (χ1n) is 13.6. The lowest BCUT2D eigenvalue weighted by atomic mass is 10.0. The van der Waals surface area contributed by atoms with E-state index >= 15 is 0 Å². The number of fused-ring (bicyclic) bond motifs is 1. The van der Waals surface area contributed by atoms with Crippen LogP contribution in [0.3, 0.4) is 0 Å². The van der Waals surface area contributed by atoms with Crippen molar-refractivity contribution < 1.29 is 18.7 Å². The summed E-state index contributed by atoms with van der Waals surface area (Å²) in [5.41, 5.74) is 11.6. The number of hydrogen-bond acceptors (Lipinski definition) is 9. The molecule has 0 unspecified atom stereocenters. The van der Waals surface area contributed by atoms with E-state index in [1.807, 2.05) is 39.8 Å². The molecular formula is C30H31Cl2N7O4. The van der Waals surface area contributed by atoms with Gasteiger partial charge in [0, 0.05) is 21.2 Å². The third-order valence-corrected chi connectivity index (χ3v) is 7.23. The average molecular weight is 625 g/mol. The summed E-state index contributed by atoms with van der Waals surface area (Å²) in [4.78, 5) is 26.6. The van der Waals surface area contributed by atoms with E-state index in [1.54, 1.807) is 30.7 Å². The van der Waals surface area contributed by atoms with Crippen LogP contribution in [0, 0.1) is 19.8 Å². The fraction of sp³-hybridized carbons (Fsp3) is 0.300. The molecule has 5 aromatic rings. The van der Waals surface area contributed by atoms with Crippen LogP contribution in [0.2, 0.25) is 10.0 Å². The van der Waals surface area contributed by atoms with Gasteiger partial charge in [0.2, 0.25) is 0 Å². The highest BCUT2D eigenvalue weighted by Crippen LogP contribution is 2.37. The number of aryl methyl sites for hydroxylation is 2. The number of anilines is 1. The Balaban J connectivity index is 1.48. The van der Waals surface area contributed by atoms with Crippen LogP contribution >= 0.6 is 23.2 Å². The number of nitrogen functional groups attached to an aromatic ring is 1. The molecule has 4 N–H and O–H groups in total. The first kappa shape index (κ1) is 30.1. The quantitative estimate of drug-likeness (QED) is 0.157. The maximum atomic E-state index is 12.6. The van der Waals surface area contributed by atoms with E-state index in [-0.39, 0.29) is 24.9 Å². The molecule has 0 aliphatic rings. The normalized spacial score (nSPS) is 12.1. The molecule has 43 heavy (non-hydrogen) atoms. The molecule has 11 nitrogen and oxygen atoms in total. The Labute approximate surface area is 258 Å². The van der Waals surface area contributed by atoms with Gasteiger partial charge in [0.25, 0.3) is 0 Å². The minimum atomic E-state index is -0.566. The highest BCUT2D eigenvalue weighted by molar-refractivity contribution is 6.35. The molecule has 5 rings (SSSR count). The summed E-state index contributed by atoms with van der Waals surface area (Å²) in [6, 6.07) is 8.25. The molecule has 0 radical (unpaired) electrons. The van der Waals surface area contributed by atoms with Gasteiger partial charge < -0.3 is 24.9 Å². The Hall–Kier alpha value is -4.35. The molecule has 0 fully saturated rings. The zero-order valence-corrected chi connectivity index (χ0v) is 25.6. The summed E-state index contributed by atoms with van der Waals surface area (Å²) in [6.45, 7) is 7.92. The number of nitrogens with zero attached hydrogens (tertiary/aromatic N) is 4. The molecule has 1 aromatic carbocycles. The second-order valence-corrected chi connectivity index (χ2v) is 11.3. The molecule has 0 saturated carbocycles. The van der Waals surface area contributed by atoms with Gasteiger partial charge >= 0.3 is 6.09 Å². The van der Waals surface area contributed by atoms with E-state index < -0.39 is 12.1 Å². The van der Waals surface area contributed by atoms with Crippen molar-refractivity contribution in [2.75, 3.05) is 18.9 Å². The SMILES string of the molecule is Cc1occc1-c1nc(N)c(OC[C@H](Cc2ccc(Cl)cc2Cl)NC(=O)OCC(C)C)cc1-c1cnc2[nH]nc(C)c2n1. The fourth-order valence-electron chi connectivity index (χ4n) is 4.44. The number of amides is 1. The van der Waals surface area contributed by atoms with E-state index in [4.69, 9.17) is 52.8 Å². The number of aromatic nitrogens is 5. The number of hydrogen-bond donors (Lipinski definition) is 3. The minimum absolute atomic E-state index is 0.0384. The van der Waals surface area contributed by atoms with Crippen molar-refractivity contribution in [3.8, 4) is 28.3 Å². The number of benzene rings is 1. The van der Waals surface area contributed by atoms with Gasteiger partial charge in [-0.1, -0.05) is 43.1 Å². The van der Waals surface area contributed by atoms with E-state index in [1.165, 1.54) is 0 Å². The summed E-state index contributed by atoms with van der Waals surface area (Å²) in [6.07, 6.45) is 3.00. The Morgan fingerprint density at radius 3 is 2.65 bits per heavy atom. The monoisotopic (exact) mass is 623 g/mol. The molecule has 0 aliphatic heterocycles. The number of carbonyl (C=O) groups is 1. The number of carbonyl (C=O) groups excluding carboxylic acids is 1. The van der Waals surface area contributed by atoms with Crippen LogP contribution in [0.25, 0.3) is 33.7 Å². The van der Waals surface area contributed by atoms with Crippen molar-refractivity contribution in [1.82, 2.24) is 30.5 Å². The lowest BCUT2D eigenvalue weighted by Gasteiger charge is -2.21. The Kier molecular flexibility index (Phi) is 9.02. The number of furan rings is 1. The number of pyridine rings is 1. The second kappa shape index (κ2) is 12.9. The summed E-state index contributed by atoms with van der Waals surface area (Å²) >= 11 is 12.5. The summed E-state index contributed by atoms with van der Waals surface area (Å²) < 4.78 is 17.1. The number of H-pyrrole nitrogens is 1. The predicted molar refractivity (Wildman–Crippen MR) is 165 cm³/mol. The number of aromatic amines is 1. The first-order valence-corrected chi connectivity index (χ1v) is 14.4. The molecule has 1 amide bonds. The van der Waals surface area contributed by atoms with Crippen LogP contribution in [-0.2, 0) is 11.2 Å². The average Bonchev–Trinajstić information content (AvgIpc) is 3.57. The van der Waals surface area contributed by atoms with Gasteiger partial charge in [-0.3, -0.25) is 5.10 Å². The lowest BCUT2D eigenvalue weighted by Crippen LogP contribution is -2.41. The van der Waals surface area contributed by atoms with E-state index in [2.05, 4.69) is 20.5 Å². The van der Waals surface area contributed by atoms with Crippen molar-refractivity contribution in [3.63, 3.8) is 0 Å². The van der Waals surface area contributed by atoms with Gasteiger partial charge in [0.15, 0.2) is 17.2 Å². The van der Waals surface area contributed by atoms with Crippen molar-refractivity contribution in [2.45, 2.75) is 40.2 Å². The lowest BCUT2D eigenvalue weighted by molar-refractivity contribution is 0.125. The van der Waals surface area contributed by atoms with E-state index in [0.717, 1.165) is 11.1 Å². The zero-order valence-electron chi connectivity index (χ0n) is 24.1. The third-order valence-electron chi connectivity index (χ3n) is 6.64. The number of ether oxygens (including phenoxy) is 2. The largest absolute Gasteiger partial charge is 0.488 e. The fourth-order valence-corrected chi connectivity index (χ4v) is 4.93. The van der Waals surface area contributed by atoms with Gasteiger partial charge in [0.05, 0.1) is 42.2 Å². The van der Waals surface area contributed by atoms with Crippen LogP contribution in [0.1, 0.15) is 30.9 Å². The molecular weight excluding hydrogens is 593 g/mol. The van der Waals surface area contributed by atoms with E-state index in [0.29, 0.717) is 61.8 Å². The molecule has 0 aliphatic carbocycles. The molecule has 0 spiro atoms. The summed E-state index contributed by atoms with van der Waals surface area (Å²) in [5, 5.41) is 10.9. The van der Waals surface area contributed by atoms with Crippen molar-refractivity contribution in [3.05, 3.63) is 69.9 Å². The third kappa shape index (κ3) is 7.00. The van der Waals surface area contributed by atoms with Gasteiger partial charge in [0.1, 0.15) is 17.9 Å². The summed E-state index contributed by atoms with van der Waals surface area (Å²) in [5.74, 6) is 1.30. The molecule has 0 saturated heterocycles. The van der Waals surface area contributed by atoms with Gasteiger partial charge in [-0.2, -0.15) is 5.10 Å². The second-order valence-electron chi connectivity index (χ2n) is 10.5. The molecule has 224 valence electrons. The Bertz CT molecular complexity index is 1770. The van der Waals surface area contributed by atoms with Crippen LogP contribution in [-0.4, -0.2) is 50.5 Å². The smallest absolute Gasteiger partial charge is 0.407 e. The van der Waals surface area contributed by atoms with Gasteiger partial charge in [-0.25, -0.2) is 19.7 Å². The number of nitrogens with one attached hydrogen (secondary N) is 2. The number of alkyl carbamates (subject to hydrolysis) is 1. The predicted octanol–water partition coefficient (Wildman–Crippen LogP) is 6.55. The molecule has 4 heterocycles. The topological polar surface area (TPSA) is 154 Å². The maximum absolute atomic E-state index is 12.6. The number of rotatable bonds is 10. The van der Waals surface area contributed by atoms with Gasteiger partial charge in [-0.15, -0.1) is 0 Å². The zero-order chi connectivity index (χ0) is 30.7. The Morgan fingerprint density at radius 2 is 1.93 bits per heavy atom. The molecule has 13 heteroatoms. The number of halogens is 2. The highest BCUT2D eigenvalue weighted by atomic mass is 35.5. The summed E-state index contributed by atoms with van der Waals surface area (Å²) in [7, 11) is 0. The minimum Gasteiger partial charge on any atom is -0.488 e.